The first-order chi connectivity index (χ1) is 8.11. The number of hydrogen-bond acceptors (Lipinski definition) is 4. The molecule has 17 heavy (non-hydrogen) atoms. The van der Waals surface area contributed by atoms with Crippen LogP contribution < -0.4 is 11.3 Å². The molecular formula is C11H15ClN4S. The molecule has 1 atom stereocenters. The molecule has 0 aliphatic rings. The van der Waals surface area contributed by atoms with Gasteiger partial charge in [0.05, 0.1) is 17.3 Å². The molecule has 0 aromatic carbocycles. The summed E-state index contributed by atoms with van der Waals surface area (Å²) in [7, 11) is 1.90. The van der Waals surface area contributed by atoms with Gasteiger partial charge in [-0.05, 0) is 29.9 Å². The van der Waals surface area contributed by atoms with E-state index in [0.717, 1.165) is 27.4 Å². The first kappa shape index (κ1) is 12.6. The number of nitrogens with two attached hydrogens (primary N) is 1. The van der Waals surface area contributed by atoms with Gasteiger partial charge in [0.15, 0.2) is 0 Å². The average Bonchev–Trinajstić information content (AvgIpc) is 2.85. The van der Waals surface area contributed by atoms with Crippen LogP contribution >= 0.6 is 22.9 Å². The lowest BCUT2D eigenvalue weighted by atomic mass is 10.1. The van der Waals surface area contributed by atoms with Gasteiger partial charge in [-0.3, -0.25) is 16.0 Å². The highest BCUT2D eigenvalue weighted by Crippen LogP contribution is 2.33. The fourth-order valence-corrected chi connectivity index (χ4v) is 3.11. The highest BCUT2D eigenvalue weighted by molar-refractivity contribution is 7.10. The van der Waals surface area contributed by atoms with Gasteiger partial charge in [0.2, 0.25) is 0 Å². The molecular weight excluding hydrogens is 256 g/mol. The second-order valence-corrected chi connectivity index (χ2v) is 5.33. The molecule has 0 saturated heterocycles. The fourth-order valence-electron chi connectivity index (χ4n) is 1.73. The van der Waals surface area contributed by atoms with E-state index in [1.54, 1.807) is 16.0 Å². The van der Waals surface area contributed by atoms with E-state index in [0.29, 0.717) is 0 Å². The van der Waals surface area contributed by atoms with Crippen molar-refractivity contribution in [1.82, 2.24) is 15.2 Å². The molecule has 0 radical (unpaired) electrons. The summed E-state index contributed by atoms with van der Waals surface area (Å²) in [5.74, 6) is 5.61. The number of hydrazine groups is 1. The van der Waals surface area contributed by atoms with E-state index < -0.39 is 0 Å². The van der Waals surface area contributed by atoms with Crippen LogP contribution in [-0.2, 0) is 13.5 Å². The summed E-state index contributed by atoms with van der Waals surface area (Å²) < 4.78 is 1.78. The van der Waals surface area contributed by atoms with Crippen LogP contribution in [0, 0.1) is 6.92 Å². The highest BCUT2D eigenvalue weighted by Gasteiger charge is 2.17. The molecule has 0 aliphatic heterocycles. The van der Waals surface area contributed by atoms with Crippen molar-refractivity contribution in [2.75, 3.05) is 0 Å². The van der Waals surface area contributed by atoms with Crippen molar-refractivity contribution in [3.05, 3.63) is 38.8 Å². The lowest BCUT2D eigenvalue weighted by molar-refractivity contribution is 0.560. The van der Waals surface area contributed by atoms with Gasteiger partial charge < -0.3 is 0 Å². The maximum atomic E-state index is 6.25. The smallest absolute Gasteiger partial charge is 0.0609 e. The van der Waals surface area contributed by atoms with E-state index in [2.05, 4.69) is 10.5 Å². The zero-order valence-corrected chi connectivity index (χ0v) is 11.3. The fraction of sp³-hybridized carbons (Fsp3) is 0.364. The van der Waals surface area contributed by atoms with Crippen molar-refractivity contribution >= 4 is 22.9 Å². The van der Waals surface area contributed by atoms with Gasteiger partial charge in [-0.15, -0.1) is 11.3 Å². The molecule has 0 bridgehead atoms. The van der Waals surface area contributed by atoms with Crippen LogP contribution in [0.15, 0.2) is 17.8 Å². The van der Waals surface area contributed by atoms with Crippen LogP contribution in [0.5, 0.6) is 0 Å². The first-order valence-corrected chi connectivity index (χ1v) is 6.54. The van der Waals surface area contributed by atoms with E-state index in [-0.39, 0.29) is 6.04 Å². The molecule has 0 fully saturated rings. The van der Waals surface area contributed by atoms with Crippen molar-refractivity contribution in [3.63, 3.8) is 0 Å². The molecule has 92 valence electrons. The quantitative estimate of drug-likeness (QED) is 0.661. The summed E-state index contributed by atoms with van der Waals surface area (Å²) in [4.78, 5) is 1.08. The Kier molecular flexibility index (Phi) is 3.83. The van der Waals surface area contributed by atoms with Crippen molar-refractivity contribution in [2.24, 2.45) is 12.9 Å². The standard InChI is InChI=1S/C11H15ClN4S/c1-7-6-17-11(10(7)12)9(15-13)3-8-4-14-16(2)5-8/h4-6,9,15H,3,13H2,1-2H3. The molecule has 2 rings (SSSR count). The summed E-state index contributed by atoms with van der Waals surface area (Å²) in [6.07, 6.45) is 4.61. The van der Waals surface area contributed by atoms with Crippen LogP contribution in [0.25, 0.3) is 0 Å². The highest BCUT2D eigenvalue weighted by atomic mass is 35.5. The Bertz CT molecular complexity index is 505. The predicted molar refractivity (Wildman–Crippen MR) is 71.0 cm³/mol. The molecule has 0 amide bonds. The van der Waals surface area contributed by atoms with Gasteiger partial charge in [-0.1, -0.05) is 11.6 Å². The third kappa shape index (κ3) is 2.69. The first-order valence-electron chi connectivity index (χ1n) is 5.29. The number of nitrogens with zero attached hydrogens (tertiary/aromatic N) is 2. The molecule has 2 aromatic heterocycles. The SMILES string of the molecule is Cc1csc(C(Cc2cnn(C)c2)NN)c1Cl. The minimum absolute atomic E-state index is 0.0328. The van der Waals surface area contributed by atoms with Crippen LogP contribution in [0.2, 0.25) is 5.02 Å². The zero-order valence-electron chi connectivity index (χ0n) is 9.77. The van der Waals surface area contributed by atoms with Crippen LogP contribution in [0.1, 0.15) is 22.0 Å². The topological polar surface area (TPSA) is 55.9 Å². The van der Waals surface area contributed by atoms with Gasteiger partial charge in [-0.2, -0.15) is 5.10 Å². The lowest BCUT2D eigenvalue weighted by Crippen LogP contribution is -2.29. The molecule has 1 unspecified atom stereocenters. The Morgan fingerprint density at radius 1 is 1.65 bits per heavy atom. The number of nitrogens with one attached hydrogen (secondary N) is 1. The van der Waals surface area contributed by atoms with Crippen molar-refractivity contribution in [2.45, 2.75) is 19.4 Å². The summed E-state index contributed by atoms with van der Waals surface area (Å²) in [5.41, 5.74) is 5.05. The Balaban J connectivity index is 2.19. The van der Waals surface area contributed by atoms with Gasteiger partial charge in [0.1, 0.15) is 0 Å². The number of hydrogen-bond donors (Lipinski definition) is 2. The number of thiophene rings is 1. The molecule has 0 aliphatic carbocycles. The monoisotopic (exact) mass is 270 g/mol. The summed E-state index contributed by atoms with van der Waals surface area (Å²) in [6.45, 7) is 2.00. The summed E-state index contributed by atoms with van der Waals surface area (Å²) in [6, 6.07) is 0.0328. The minimum Gasteiger partial charge on any atom is -0.276 e. The van der Waals surface area contributed by atoms with Crippen LogP contribution in [-0.4, -0.2) is 9.78 Å². The second-order valence-electron chi connectivity index (χ2n) is 4.04. The van der Waals surface area contributed by atoms with Crippen molar-refractivity contribution in [3.8, 4) is 0 Å². The van der Waals surface area contributed by atoms with E-state index >= 15 is 0 Å². The van der Waals surface area contributed by atoms with E-state index in [9.17, 15) is 0 Å². The normalized spacial score (nSPS) is 12.9. The number of halogens is 1. The third-order valence-corrected chi connectivity index (χ3v) is 4.47. The molecule has 4 nitrogen and oxygen atoms in total. The van der Waals surface area contributed by atoms with Crippen molar-refractivity contribution in [1.29, 1.82) is 0 Å². The Labute approximate surface area is 109 Å². The maximum Gasteiger partial charge on any atom is 0.0609 e. The van der Waals surface area contributed by atoms with Crippen LogP contribution in [0.3, 0.4) is 0 Å². The van der Waals surface area contributed by atoms with Gasteiger partial charge >= 0.3 is 0 Å². The third-order valence-electron chi connectivity index (χ3n) is 2.64. The van der Waals surface area contributed by atoms with Gasteiger partial charge in [0.25, 0.3) is 0 Å². The van der Waals surface area contributed by atoms with E-state index in [1.165, 1.54) is 0 Å². The number of aromatic nitrogens is 2. The summed E-state index contributed by atoms with van der Waals surface area (Å²) in [5, 5.41) is 7.00. The predicted octanol–water partition coefficient (Wildman–Crippen LogP) is 2.19. The van der Waals surface area contributed by atoms with Crippen molar-refractivity contribution < 1.29 is 0 Å². The molecule has 3 N–H and O–H groups in total. The van der Waals surface area contributed by atoms with Gasteiger partial charge in [0, 0.05) is 18.1 Å². The van der Waals surface area contributed by atoms with Crippen LogP contribution in [0.4, 0.5) is 0 Å². The number of rotatable bonds is 4. The molecule has 0 spiro atoms. The molecule has 6 heteroatoms. The minimum atomic E-state index is 0.0328. The zero-order chi connectivity index (χ0) is 12.4. The largest absolute Gasteiger partial charge is 0.276 e. The number of aryl methyl sites for hydroxylation is 2. The molecule has 0 saturated carbocycles. The second kappa shape index (κ2) is 5.18. The Morgan fingerprint density at radius 2 is 2.41 bits per heavy atom. The average molecular weight is 271 g/mol. The summed E-state index contributed by atoms with van der Waals surface area (Å²) >= 11 is 7.88. The Morgan fingerprint density at radius 3 is 2.88 bits per heavy atom. The Hall–Kier alpha value is -0.880. The molecule has 2 aromatic rings. The molecule has 2 heterocycles. The lowest BCUT2D eigenvalue weighted by Gasteiger charge is -2.13. The van der Waals surface area contributed by atoms with E-state index in [1.807, 2.05) is 31.7 Å². The maximum absolute atomic E-state index is 6.25. The van der Waals surface area contributed by atoms with Gasteiger partial charge in [-0.25, -0.2) is 0 Å². The van der Waals surface area contributed by atoms with E-state index in [4.69, 9.17) is 17.4 Å².